The molecule has 0 radical (unpaired) electrons. The molecule has 8 aromatic carbocycles. The highest BCUT2D eigenvalue weighted by Gasteiger charge is 2.52. The summed E-state index contributed by atoms with van der Waals surface area (Å²) in [6, 6.07) is 68.2. The van der Waals surface area contributed by atoms with Gasteiger partial charge in [-0.25, -0.2) is 9.97 Å². The maximum absolute atomic E-state index is 6.80. The fourth-order valence-electron chi connectivity index (χ4n) is 9.31. The van der Waals surface area contributed by atoms with Crippen LogP contribution in [0.25, 0.3) is 78.1 Å². The van der Waals surface area contributed by atoms with Gasteiger partial charge >= 0.3 is 0 Å². The third-order valence-electron chi connectivity index (χ3n) is 11.8. The molecule has 0 fully saturated rings. The van der Waals surface area contributed by atoms with Gasteiger partial charge in [-0.3, -0.25) is 0 Å². The Morgan fingerprint density at radius 2 is 1.04 bits per heavy atom. The quantitative estimate of drug-likeness (QED) is 0.181. The number of ether oxygens (including phenoxy) is 1. The third-order valence-corrected chi connectivity index (χ3v) is 11.8. The Morgan fingerprint density at radius 1 is 0.386 bits per heavy atom. The molecule has 12 rings (SSSR count). The van der Waals surface area contributed by atoms with Gasteiger partial charge in [-0.05, 0) is 75.8 Å². The summed E-state index contributed by atoms with van der Waals surface area (Å²) in [7, 11) is 0. The first kappa shape index (κ1) is 31.8. The van der Waals surface area contributed by atoms with Crippen LogP contribution in [0.5, 0.6) is 11.5 Å². The van der Waals surface area contributed by atoms with Gasteiger partial charge in [-0.15, -0.1) is 0 Å². The fraction of sp³-hybridized carbons (Fsp3) is 0.0189. The molecule has 3 heterocycles. The highest BCUT2D eigenvalue weighted by molar-refractivity contribution is 6.15. The van der Waals surface area contributed by atoms with E-state index in [1.54, 1.807) is 0 Å². The number of hydrogen-bond donors (Lipinski definition) is 0. The van der Waals surface area contributed by atoms with Crippen molar-refractivity contribution in [2.75, 3.05) is 0 Å². The standard InChI is InChI=1S/C53H32N2O2/c1-3-14-33(15-4-1)44-32-45(55-52(54-44)34-16-5-2-6-17-34)37-19-13-18-35(30-37)36-26-28-48-43(31-36)53(41-23-10-12-25-47(41)57-48)40-22-9-7-20-38(40)50-42(53)27-29-49-51(50)39-21-8-11-24-46(39)56-49/h1-32H. The van der Waals surface area contributed by atoms with Crippen LogP contribution in [0.2, 0.25) is 0 Å². The van der Waals surface area contributed by atoms with E-state index >= 15 is 0 Å². The minimum absolute atomic E-state index is 0.627. The lowest BCUT2D eigenvalue weighted by Crippen LogP contribution is -2.32. The zero-order chi connectivity index (χ0) is 37.5. The number of fused-ring (bicyclic) bond motifs is 13. The number of hydrogen-bond acceptors (Lipinski definition) is 4. The second-order valence-corrected chi connectivity index (χ2v) is 14.8. The highest BCUT2D eigenvalue weighted by Crippen LogP contribution is 2.64. The van der Waals surface area contributed by atoms with Crippen LogP contribution >= 0.6 is 0 Å². The Labute approximate surface area is 329 Å². The first-order valence-electron chi connectivity index (χ1n) is 19.3. The van der Waals surface area contributed by atoms with Crippen molar-refractivity contribution in [3.8, 4) is 67.7 Å². The predicted octanol–water partition coefficient (Wildman–Crippen LogP) is 13.5. The summed E-state index contributed by atoms with van der Waals surface area (Å²) in [6.07, 6.45) is 0. The molecule has 0 bridgehead atoms. The van der Waals surface area contributed by atoms with Gasteiger partial charge in [0.15, 0.2) is 5.82 Å². The molecule has 2 aromatic heterocycles. The van der Waals surface area contributed by atoms with E-state index in [2.05, 4.69) is 152 Å². The molecule has 0 N–H and O–H groups in total. The summed E-state index contributed by atoms with van der Waals surface area (Å²) in [5.41, 5.74) is 15.3. The van der Waals surface area contributed by atoms with Gasteiger partial charge in [-0.1, -0.05) is 152 Å². The lowest BCUT2D eigenvalue weighted by Gasteiger charge is -2.39. The van der Waals surface area contributed by atoms with Gasteiger partial charge in [0, 0.05) is 38.6 Å². The molecular formula is C53H32N2O2. The molecule has 1 spiro atoms. The minimum Gasteiger partial charge on any atom is -0.457 e. The van der Waals surface area contributed by atoms with Crippen LogP contribution in [0.15, 0.2) is 199 Å². The summed E-state index contributed by atoms with van der Waals surface area (Å²) >= 11 is 0. The van der Waals surface area contributed by atoms with E-state index in [0.717, 1.165) is 83.8 Å². The molecule has 1 aliphatic heterocycles. The Hall–Kier alpha value is -7.56. The maximum Gasteiger partial charge on any atom is 0.160 e. The molecule has 4 heteroatoms. The van der Waals surface area contributed by atoms with Crippen LogP contribution in [-0.4, -0.2) is 9.97 Å². The molecule has 2 aliphatic rings. The van der Waals surface area contributed by atoms with E-state index in [1.165, 1.54) is 22.3 Å². The first-order chi connectivity index (χ1) is 28.2. The monoisotopic (exact) mass is 728 g/mol. The van der Waals surface area contributed by atoms with Crippen molar-refractivity contribution in [2.24, 2.45) is 0 Å². The average Bonchev–Trinajstić information content (AvgIpc) is 3.81. The van der Waals surface area contributed by atoms with Gasteiger partial charge < -0.3 is 9.15 Å². The molecule has 0 amide bonds. The molecule has 57 heavy (non-hydrogen) atoms. The molecule has 0 saturated carbocycles. The molecule has 266 valence electrons. The van der Waals surface area contributed by atoms with Crippen molar-refractivity contribution in [3.05, 3.63) is 216 Å². The number of aromatic nitrogens is 2. The predicted molar refractivity (Wildman–Crippen MR) is 228 cm³/mol. The van der Waals surface area contributed by atoms with E-state index in [0.29, 0.717) is 5.82 Å². The highest BCUT2D eigenvalue weighted by atomic mass is 16.5. The number of furan rings is 1. The number of nitrogens with zero attached hydrogens (tertiary/aromatic N) is 2. The molecular weight excluding hydrogens is 697 g/mol. The summed E-state index contributed by atoms with van der Waals surface area (Å²) in [4.78, 5) is 10.2. The number of rotatable bonds is 4. The SMILES string of the molecule is c1ccc(-c2cc(-c3cccc(-c4ccc5c(c4)C4(c6ccccc6O5)c5ccccc5-c5c4ccc4oc6ccccc6c54)c3)nc(-c3ccccc3)n2)cc1. The van der Waals surface area contributed by atoms with E-state index in [9.17, 15) is 0 Å². The summed E-state index contributed by atoms with van der Waals surface area (Å²) < 4.78 is 13.3. The Balaban J connectivity index is 1.07. The molecule has 1 aliphatic carbocycles. The third kappa shape index (κ3) is 4.68. The molecule has 1 unspecified atom stereocenters. The largest absolute Gasteiger partial charge is 0.457 e. The zero-order valence-electron chi connectivity index (χ0n) is 30.7. The summed E-state index contributed by atoms with van der Waals surface area (Å²) in [5.74, 6) is 2.41. The van der Waals surface area contributed by atoms with Crippen LogP contribution in [0.4, 0.5) is 0 Å². The van der Waals surface area contributed by atoms with E-state index in [4.69, 9.17) is 19.1 Å². The van der Waals surface area contributed by atoms with Crippen molar-refractivity contribution < 1.29 is 9.15 Å². The number of para-hydroxylation sites is 2. The van der Waals surface area contributed by atoms with Crippen LogP contribution in [0, 0.1) is 0 Å². The van der Waals surface area contributed by atoms with E-state index < -0.39 is 5.41 Å². The van der Waals surface area contributed by atoms with Gasteiger partial charge in [0.25, 0.3) is 0 Å². The second kappa shape index (κ2) is 12.2. The second-order valence-electron chi connectivity index (χ2n) is 14.8. The molecule has 10 aromatic rings. The van der Waals surface area contributed by atoms with Crippen LogP contribution < -0.4 is 4.74 Å². The van der Waals surface area contributed by atoms with E-state index in [1.807, 2.05) is 42.5 Å². The smallest absolute Gasteiger partial charge is 0.160 e. The lowest BCUT2D eigenvalue weighted by molar-refractivity contribution is 0.436. The molecule has 4 nitrogen and oxygen atoms in total. The number of benzene rings is 8. The van der Waals surface area contributed by atoms with Crippen molar-refractivity contribution in [2.45, 2.75) is 5.41 Å². The van der Waals surface area contributed by atoms with Gasteiger partial charge in [0.05, 0.1) is 16.8 Å². The average molecular weight is 729 g/mol. The van der Waals surface area contributed by atoms with Gasteiger partial charge in [0.2, 0.25) is 0 Å². The first-order valence-corrected chi connectivity index (χ1v) is 19.3. The Kier molecular flexibility index (Phi) is 6.81. The fourth-order valence-corrected chi connectivity index (χ4v) is 9.31. The van der Waals surface area contributed by atoms with E-state index in [-0.39, 0.29) is 0 Å². The zero-order valence-corrected chi connectivity index (χ0v) is 30.7. The Morgan fingerprint density at radius 3 is 1.89 bits per heavy atom. The minimum atomic E-state index is -0.627. The lowest BCUT2D eigenvalue weighted by atomic mass is 9.65. The van der Waals surface area contributed by atoms with Crippen LogP contribution in [0.1, 0.15) is 22.3 Å². The Bertz CT molecular complexity index is 3160. The van der Waals surface area contributed by atoms with Gasteiger partial charge in [0.1, 0.15) is 22.7 Å². The van der Waals surface area contributed by atoms with Crippen molar-refractivity contribution in [1.82, 2.24) is 9.97 Å². The van der Waals surface area contributed by atoms with Crippen LogP contribution in [-0.2, 0) is 5.41 Å². The maximum atomic E-state index is 6.80. The van der Waals surface area contributed by atoms with Gasteiger partial charge in [-0.2, -0.15) is 0 Å². The van der Waals surface area contributed by atoms with Crippen molar-refractivity contribution in [3.63, 3.8) is 0 Å². The van der Waals surface area contributed by atoms with Crippen LogP contribution in [0.3, 0.4) is 0 Å². The topological polar surface area (TPSA) is 48.2 Å². The molecule has 1 atom stereocenters. The van der Waals surface area contributed by atoms with Crippen molar-refractivity contribution >= 4 is 21.9 Å². The normalized spacial score (nSPS) is 14.9. The molecule has 0 saturated heterocycles. The van der Waals surface area contributed by atoms with Crippen molar-refractivity contribution in [1.29, 1.82) is 0 Å². The summed E-state index contributed by atoms with van der Waals surface area (Å²) in [6.45, 7) is 0. The summed E-state index contributed by atoms with van der Waals surface area (Å²) in [5, 5.41) is 2.27.